The number of carbonyl (C=O) groups excluding carboxylic acids is 1. The Morgan fingerprint density at radius 2 is 1.90 bits per heavy atom. The number of anilines is 1. The summed E-state index contributed by atoms with van der Waals surface area (Å²) < 4.78 is 0. The molecule has 0 atom stereocenters. The Bertz CT molecular complexity index is 498. The fourth-order valence-electron chi connectivity index (χ4n) is 2.14. The normalized spacial score (nSPS) is 10.2. The molecule has 0 aliphatic heterocycles. The van der Waals surface area contributed by atoms with Crippen LogP contribution in [0.5, 0.6) is 0 Å². The maximum atomic E-state index is 12.2. The zero-order valence-electron chi connectivity index (χ0n) is 12.6. The lowest BCUT2D eigenvalue weighted by Gasteiger charge is -2.26. The van der Waals surface area contributed by atoms with Crippen molar-refractivity contribution in [1.29, 1.82) is 0 Å². The maximum absolute atomic E-state index is 12.2. The van der Waals surface area contributed by atoms with Gasteiger partial charge in [-0.25, -0.2) is 0 Å². The Morgan fingerprint density at radius 1 is 1.30 bits per heavy atom. The van der Waals surface area contributed by atoms with Gasteiger partial charge in [0.05, 0.1) is 6.54 Å². The summed E-state index contributed by atoms with van der Waals surface area (Å²) in [5, 5.41) is 0. The highest BCUT2D eigenvalue weighted by molar-refractivity contribution is 7.80. The van der Waals surface area contributed by atoms with Gasteiger partial charge in [-0.2, -0.15) is 0 Å². The van der Waals surface area contributed by atoms with Gasteiger partial charge in [0.2, 0.25) is 5.91 Å². The van der Waals surface area contributed by atoms with Crippen molar-refractivity contribution in [3.05, 3.63) is 29.3 Å². The topological polar surface area (TPSA) is 49.6 Å². The standard InChI is InChI=1S/C15H23N3OS/c1-5-18(6-2)14(19)10-17(4)13-8-7-11(3)9-12(13)15(16)20/h7-9H,5-6,10H2,1-4H3,(H2,16,20). The van der Waals surface area contributed by atoms with Crippen LogP contribution in [0.3, 0.4) is 0 Å². The van der Waals surface area contributed by atoms with Gasteiger partial charge < -0.3 is 15.5 Å². The highest BCUT2D eigenvalue weighted by Gasteiger charge is 2.16. The molecule has 1 aromatic carbocycles. The van der Waals surface area contributed by atoms with Crippen molar-refractivity contribution in [2.75, 3.05) is 31.6 Å². The van der Waals surface area contributed by atoms with Crippen LogP contribution in [0.2, 0.25) is 0 Å². The summed E-state index contributed by atoms with van der Waals surface area (Å²) in [6.45, 7) is 7.72. The third-order valence-electron chi connectivity index (χ3n) is 3.32. The number of benzene rings is 1. The van der Waals surface area contributed by atoms with E-state index < -0.39 is 0 Å². The molecule has 2 N–H and O–H groups in total. The first-order chi connectivity index (χ1) is 9.40. The molecule has 20 heavy (non-hydrogen) atoms. The summed E-state index contributed by atoms with van der Waals surface area (Å²) >= 11 is 5.10. The third-order valence-corrected chi connectivity index (χ3v) is 3.54. The molecule has 1 aromatic rings. The highest BCUT2D eigenvalue weighted by Crippen LogP contribution is 2.21. The molecule has 0 radical (unpaired) electrons. The van der Waals surface area contributed by atoms with E-state index in [9.17, 15) is 4.79 Å². The molecule has 0 aliphatic carbocycles. The molecule has 0 bridgehead atoms. The summed E-state index contributed by atoms with van der Waals surface area (Å²) in [7, 11) is 1.88. The summed E-state index contributed by atoms with van der Waals surface area (Å²) in [5.74, 6) is 0.104. The monoisotopic (exact) mass is 293 g/mol. The fourth-order valence-corrected chi connectivity index (χ4v) is 2.31. The van der Waals surface area contributed by atoms with Crippen LogP contribution < -0.4 is 10.6 Å². The lowest BCUT2D eigenvalue weighted by Crippen LogP contribution is -2.39. The predicted molar refractivity (Wildman–Crippen MR) is 88.3 cm³/mol. The lowest BCUT2D eigenvalue weighted by molar-refractivity contribution is -0.129. The summed E-state index contributed by atoms with van der Waals surface area (Å²) in [4.78, 5) is 16.2. The first kappa shape index (κ1) is 16.4. The van der Waals surface area contributed by atoms with Gasteiger partial charge in [-0.05, 0) is 32.9 Å². The Kier molecular flexibility index (Phi) is 5.95. The summed E-state index contributed by atoms with van der Waals surface area (Å²) in [6, 6.07) is 5.91. The number of aryl methyl sites for hydroxylation is 1. The molecular formula is C15H23N3OS. The second-order valence-corrected chi connectivity index (χ2v) is 5.25. The molecule has 0 aliphatic rings. The van der Waals surface area contributed by atoms with Crippen molar-refractivity contribution >= 4 is 28.8 Å². The van der Waals surface area contributed by atoms with Crippen LogP contribution in [0.1, 0.15) is 25.0 Å². The molecule has 0 unspecified atom stereocenters. The Morgan fingerprint density at radius 3 is 2.40 bits per heavy atom. The van der Waals surface area contributed by atoms with Crippen LogP contribution in [-0.2, 0) is 4.79 Å². The number of likely N-dealkylation sites (N-methyl/N-ethyl adjacent to an activating group) is 2. The molecule has 0 fully saturated rings. The lowest BCUT2D eigenvalue weighted by atomic mass is 10.1. The van der Waals surface area contributed by atoms with E-state index in [2.05, 4.69) is 0 Å². The molecule has 0 saturated carbocycles. The average Bonchev–Trinajstić information content (AvgIpc) is 2.39. The number of thiocarbonyl (C=S) groups is 1. The molecule has 0 aromatic heterocycles. The zero-order chi connectivity index (χ0) is 15.3. The molecule has 5 heteroatoms. The number of hydrogen-bond donors (Lipinski definition) is 1. The maximum Gasteiger partial charge on any atom is 0.242 e. The van der Waals surface area contributed by atoms with Crippen LogP contribution in [0.25, 0.3) is 0 Å². The summed E-state index contributed by atoms with van der Waals surface area (Å²) in [6.07, 6.45) is 0. The molecule has 0 spiro atoms. The van der Waals surface area contributed by atoms with E-state index in [1.807, 2.05) is 55.8 Å². The Balaban J connectivity index is 2.95. The molecule has 4 nitrogen and oxygen atoms in total. The van der Waals surface area contributed by atoms with Crippen molar-refractivity contribution < 1.29 is 4.79 Å². The third kappa shape index (κ3) is 3.93. The Hall–Kier alpha value is -1.62. The van der Waals surface area contributed by atoms with Gasteiger partial charge >= 0.3 is 0 Å². The second kappa shape index (κ2) is 7.24. The van der Waals surface area contributed by atoms with E-state index >= 15 is 0 Å². The SMILES string of the molecule is CCN(CC)C(=O)CN(C)c1ccc(C)cc1C(N)=S. The zero-order valence-corrected chi connectivity index (χ0v) is 13.5. The van der Waals surface area contributed by atoms with E-state index in [1.165, 1.54) is 0 Å². The van der Waals surface area contributed by atoms with Crippen molar-refractivity contribution in [1.82, 2.24) is 4.90 Å². The van der Waals surface area contributed by atoms with Crippen molar-refractivity contribution in [3.8, 4) is 0 Å². The minimum atomic E-state index is 0.104. The quantitative estimate of drug-likeness (QED) is 0.814. The van der Waals surface area contributed by atoms with Gasteiger partial charge in [0.25, 0.3) is 0 Å². The molecule has 1 amide bonds. The van der Waals surface area contributed by atoms with Crippen LogP contribution >= 0.6 is 12.2 Å². The van der Waals surface area contributed by atoms with E-state index in [1.54, 1.807) is 0 Å². The van der Waals surface area contributed by atoms with Gasteiger partial charge in [-0.15, -0.1) is 0 Å². The number of rotatable bonds is 6. The minimum absolute atomic E-state index is 0.104. The predicted octanol–water partition coefficient (Wildman–Crippen LogP) is 1.93. The van der Waals surface area contributed by atoms with E-state index in [4.69, 9.17) is 18.0 Å². The number of carbonyl (C=O) groups is 1. The molecular weight excluding hydrogens is 270 g/mol. The van der Waals surface area contributed by atoms with Gasteiger partial charge in [0, 0.05) is 31.4 Å². The highest BCUT2D eigenvalue weighted by atomic mass is 32.1. The summed E-state index contributed by atoms with van der Waals surface area (Å²) in [5.41, 5.74) is 8.58. The molecule has 110 valence electrons. The van der Waals surface area contributed by atoms with Crippen LogP contribution in [0.4, 0.5) is 5.69 Å². The van der Waals surface area contributed by atoms with Gasteiger partial charge in [-0.3, -0.25) is 4.79 Å². The van der Waals surface area contributed by atoms with E-state index in [0.29, 0.717) is 11.5 Å². The molecule has 0 saturated heterocycles. The van der Waals surface area contributed by atoms with E-state index in [-0.39, 0.29) is 5.91 Å². The van der Waals surface area contributed by atoms with E-state index in [0.717, 1.165) is 29.9 Å². The van der Waals surface area contributed by atoms with Crippen molar-refractivity contribution in [2.24, 2.45) is 5.73 Å². The van der Waals surface area contributed by atoms with Gasteiger partial charge in [-0.1, -0.05) is 23.8 Å². The minimum Gasteiger partial charge on any atom is -0.389 e. The smallest absolute Gasteiger partial charge is 0.242 e. The number of amides is 1. The number of nitrogens with two attached hydrogens (primary N) is 1. The van der Waals surface area contributed by atoms with Crippen LogP contribution in [-0.4, -0.2) is 42.5 Å². The van der Waals surface area contributed by atoms with Crippen molar-refractivity contribution in [2.45, 2.75) is 20.8 Å². The Labute approximate surface area is 126 Å². The van der Waals surface area contributed by atoms with Gasteiger partial charge in [0.15, 0.2) is 0 Å². The van der Waals surface area contributed by atoms with Crippen molar-refractivity contribution in [3.63, 3.8) is 0 Å². The van der Waals surface area contributed by atoms with Gasteiger partial charge in [0.1, 0.15) is 4.99 Å². The number of nitrogens with zero attached hydrogens (tertiary/aromatic N) is 2. The second-order valence-electron chi connectivity index (χ2n) is 4.81. The molecule has 1 rings (SSSR count). The number of hydrogen-bond acceptors (Lipinski definition) is 3. The average molecular weight is 293 g/mol. The van der Waals surface area contributed by atoms with Crippen LogP contribution in [0, 0.1) is 6.92 Å². The molecule has 0 heterocycles. The first-order valence-electron chi connectivity index (χ1n) is 6.80. The first-order valence-corrected chi connectivity index (χ1v) is 7.20. The fraction of sp³-hybridized carbons (Fsp3) is 0.467. The largest absolute Gasteiger partial charge is 0.389 e. The van der Waals surface area contributed by atoms with Crippen LogP contribution in [0.15, 0.2) is 18.2 Å².